The van der Waals surface area contributed by atoms with Gasteiger partial charge in [-0.2, -0.15) is 5.26 Å². The van der Waals surface area contributed by atoms with E-state index in [0.29, 0.717) is 14.8 Å². The van der Waals surface area contributed by atoms with Crippen LogP contribution in [-0.2, 0) is 0 Å². The summed E-state index contributed by atoms with van der Waals surface area (Å²) >= 11 is 7.15. The molecule has 102 valence electrons. The fourth-order valence-electron chi connectivity index (χ4n) is 1.82. The molecule has 0 radical (unpaired) electrons. The first-order chi connectivity index (χ1) is 9.52. The van der Waals surface area contributed by atoms with Crippen LogP contribution in [0.1, 0.15) is 22.2 Å². The Morgan fingerprint density at radius 1 is 1.30 bits per heavy atom. The summed E-state index contributed by atoms with van der Waals surface area (Å²) in [6.45, 7) is 1.86. The molecule has 0 fully saturated rings. The Morgan fingerprint density at radius 2 is 1.95 bits per heavy atom. The molecule has 0 aliphatic carbocycles. The maximum absolute atomic E-state index is 12.4. The molecule has 2 aromatic rings. The normalized spacial score (nSPS) is 11.7. The molecule has 0 saturated heterocycles. The van der Waals surface area contributed by atoms with Crippen molar-refractivity contribution in [2.75, 3.05) is 11.9 Å². The molecule has 1 unspecified atom stereocenters. The van der Waals surface area contributed by atoms with Crippen LogP contribution in [0.2, 0.25) is 4.34 Å². The van der Waals surface area contributed by atoms with Gasteiger partial charge in [0.25, 0.3) is 0 Å². The number of Topliss-reactive ketones (excluding diaryl/α,β-unsaturated/α-hetero) is 1. The number of halogens is 1. The third-order valence-electron chi connectivity index (χ3n) is 3.18. The molecule has 0 saturated carbocycles. The van der Waals surface area contributed by atoms with Crippen molar-refractivity contribution in [3.63, 3.8) is 0 Å². The van der Waals surface area contributed by atoms with Gasteiger partial charge in [-0.15, -0.1) is 11.3 Å². The molecule has 20 heavy (non-hydrogen) atoms. The summed E-state index contributed by atoms with van der Waals surface area (Å²) in [4.78, 5) is 14.9. The van der Waals surface area contributed by atoms with Crippen LogP contribution in [0.4, 0.5) is 5.69 Å². The minimum atomic E-state index is -0.294. The van der Waals surface area contributed by atoms with Crippen LogP contribution in [0.5, 0.6) is 0 Å². The number of thiophene rings is 1. The van der Waals surface area contributed by atoms with Crippen molar-refractivity contribution >= 4 is 34.4 Å². The fraction of sp³-hybridized carbons (Fsp3) is 0.200. The molecule has 2 rings (SSSR count). The van der Waals surface area contributed by atoms with E-state index < -0.39 is 0 Å². The maximum Gasteiger partial charge on any atom is 0.194 e. The number of ketones is 1. The quantitative estimate of drug-likeness (QED) is 0.802. The third-order valence-corrected chi connectivity index (χ3v) is 4.43. The molecule has 3 nitrogen and oxygen atoms in total. The van der Waals surface area contributed by atoms with Gasteiger partial charge in [0.2, 0.25) is 0 Å². The van der Waals surface area contributed by atoms with E-state index >= 15 is 0 Å². The number of nitriles is 1. The number of nitrogens with zero attached hydrogens (tertiary/aromatic N) is 2. The molecule has 5 heteroatoms. The third kappa shape index (κ3) is 3.01. The Balaban J connectivity index is 2.17. The molecule has 1 aromatic carbocycles. The summed E-state index contributed by atoms with van der Waals surface area (Å²) in [5.74, 6) is 0.0359. The zero-order valence-electron chi connectivity index (χ0n) is 11.1. The molecular weight excluding hydrogens is 292 g/mol. The molecule has 0 aliphatic heterocycles. The second kappa shape index (κ2) is 6.08. The lowest BCUT2D eigenvalue weighted by molar-refractivity contribution is 0.0970. The number of anilines is 1. The van der Waals surface area contributed by atoms with E-state index in [9.17, 15) is 4.79 Å². The van der Waals surface area contributed by atoms with Gasteiger partial charge in [-0.25, -0.2) is 0 Å². The zero-order valence-corrected chi connectivity index (χ0v) is 12.7. The number of rotatable bonds is 4. The first kappa shape index (κ1) is 14.6. The lowest BCUT2D eigenvalue weighted by Crippen LogP contribution is -2.35. The highest BCUT2D eigenvalue weighted by molar-refractivity contribution is 7.18. The van der Waals surface area contributed by atoms with Gasteiger partial charge in [0, 0.05) is 12.7 Å². The Labute approximate surface area is 127 Å². The molecular formula is C15H13ClN2OS. The summed E-state index contributed by atoms with van der Waals surface area (Å²) in [5, 5.41) is 8.79. The average molecular weight is 305 g/mol. The summed E-state index contributed by atoms with van der Waals surface area (Å²) in [7, 11) is 1.86. The summed E-state index contributed by atoms with van der Waals surface area (Å²) < 4.78 is 0.613. The zero-order chi connectivity index (χ0) is 14.7. The SMILES string of the molecule is CC(C(=O)c1ccc(Cl)s1)N(C)c1ccc(C#N)cc1. The van der Waals surface area contributed by atoms with Crippen LogP contribution < -0.4 is 4.90 Å². The fourth-order valence-corrected chi connectivity index (χ4v) is 2.89. The summed E-state index contributed by atoms with van der Waals surface area (Å²) in [6.07, 6.45) is 0. The summed E-state index contributed by atoms with van der Waals surface area (Å²) in [6, 6.07) is 12.4. The molecule has 0 amide bonds. The largest absolute Gasteiger partial charge is 0.364 e. The second-order valence-corrected chi connectivity index (χ2v) is 6.13. The van der Waals surface area contributed by atoms with E-state index in [1.807, 2.05) is 31.0 Å². The van der Waals surface area contributed by atoms with Gasteiger partial charge < -0.3 is 4.90 Å². The molecule has 1 aromatic heterocycles. The van der Waals surface area contributed by atoms with E-state index in [0.717, 1.165) is 5.69 Å². The van der Waals surface area contributed by atoms with Crippen molar-refractivity contribution in [1.82, 2.24) is 0 Å². The summed E-state index contributed by atoms with van der Waals surface area (Å²) in [5.41, 5.74) is 1.50. The van der Waals surface area contributed by atoms with Gasteiger partial charge in [0.1, 0.15) is 0 Å². The van der Waals surface area contributed by atoms with Gasteiger partial charge in [0.05, 0.1) is 26.9 Å². The number of carbonyl (C=O) groups is 1. The van der Waals surface area contributed by atoms with Crippen molar-refractivity contribution in [3.05, 3.63) is 51.2 Å². The van der Waals surface area contributed by atoms with Crippen molar-refractivity contribution in [2.45, 2.75) is 13.0 Å². The van der Waals surface area contributed by atoms with Gasteiger partial charge in [0.15, 0.2) is 5.78 Å². The van der Waals surface area contributed by atoms with E-state index in [4.69, 9.17) is 16.9 Å². The second-order valence-electron chi connectivity index (χ2n) is 4.41. The van der Waals surface area contributed by atoms with Crippen LogP contribution in [0, 0.1) is 11.3 Å². The van der Waals surface area contributed by atoms with E-state index in [1.165, 1.54) is 11.3 Å². The minimum absolute atomic E-state index is 0.0359. The predicted molar refractivity (Wildman–Crippen MR) is 82.7 cm³/mol. The first-order valence-corrected chi connectivity index (χ1v) is 7.25. The smallest absolute Gasteiger partial charge is 0.194 e. The highest BCUT2D eigenvalue weighted by Gasteiger charge is 2.21. The monoisotopic (exact) mass is 304 g/mol. The molecule has 0 spiro atoms. The van der Waals surface area contributed by atoms with Gasteiger partial charge in [-0.1, -0.05) is 11.6 Å². The van der Waals surface area contributed by atoms with Crippen molar-refractivity contribution in [3.8, 4) is 6.07 Å². The van der Waals surface area contributed by atoms with Crippen LogP contribution in [0.15, 0.2) is 36.4 Å². The predicted octanol–water partition coefficient (Wildman–Crippen LogP) is 3.98. The van der Waals surface area contributed by atoms with E-state index in [2.05, 4.69) is 6.07 Å². The topological polar surface area (TPSA) is 44.1 Å². The number of hydrogen-bond donors (Lipinski definition) is 0. The van der Waals surface area contributed by atoms with E-state index in [1.54, 1.807) is 24.3 Å². The van der Waals surface area contributed by atoms with Crippen LogP contribution in [0.25, 0.3) is 0 Å². The van der Waals surface area contributed by atoms with Gasteiger partial charge in [-0.05, 0) is 43.3 Å². The number of carbonyl (C=O) groups excluding carboxylic acids is 1. The van der Waals surface area contributed by atoms with Gasteiger partial charge >= 0.3 is 0 Å². The maximum atomic E-state index is 12.4. The first-order valence-electron chi connectivity index (χ1n) is 6.05. The highest BCUT2D eigenvalue weighted by atomic mass is 35.5. The van der Waals surface area contributed by atoms with Crippen LogP contribution in [0.3, 0.4) is 0 Å². The Kier molecular flexibility index (Phi) is 4.43. The lowest BCUT2D eigenvalue weighted by Gasteiger charge is -2.25. The Bertz CT molecular complexity index is 657. The standard InChI is InChI=1S/C15H13ClN2OS/c1-10(15(19)13-7-8-14(16)20-13)18(2)12-5-3-11(9-17)4-6-12/h3-8,10H,1-2H3. The molecule has 1 atom stereocenters. The molecule has 0 N–H and O–H groups in total. The van der Waals surface area contributed by atoms with Crippen molar-refractivity contribution in [1.29, 1.82) is 5.26 Å². The molecule has 0 aliphatic rings. The minimum Gasteiger partial charge on any atom is -0.364 e. The molecule has 0 bridgehead atoms. The highest BCUT2D eigenvalue weighted by Crippen LogP contribution is 2.25. The van der Waals surface area contributed by atoms with Gasteiger partial charge in [-0.3, -0.25) is 4.79 Å². The number of likely N-dealkylation sites (N-methyl/N-ethyl adjacent to an activating group) is 1. The van der Waals surface area contributed by atoms with Crippen LogP contribution in [-0.4, -0.2) is 18.9 Å². The number of benzene rings is 1. The number of hydrogen-bond acceptors (Lipinski definition) is 4. The van der Waals surface area contributed by atoms with Crippen molar-refractivity contribution in [2.24, 2.45) is 0 Å². The van der Waals surface area contributed by atoms with E-state index in [-0.39, 0.29) is 11.8 Å². The Morgan fingerprint density at radius 3 is 2.45 bits per heavy atom. The molecule has 1 heterocycles. The average Bonchev–Trinajstić information content (AvgIpc) is 2.91. The van der Waals surface area contributed by atoms with Crippen molar-refractivity contribution < 1.29 is 4.79 Å². The Hall–Kier alpha value is -1.83. The van der Waals surface area contributed by atoms with Crippen LogP contribution >= 0.6 is 22.9 Å². The lowest BCUT2D eigenvalue weighted by atomic mass is 10.1.